The van der Waals surface area contributed by atoms with Crippen molar-refractivity contribution >= 4 is 13.7 Å². The summed E-state index contributed by atoms with van der Waals surface area (Å²) in [5.74, 6) is -0.230. The van der Waals surface area contributed by atoms with E-state index in [1.807, 2.05) is 27.2 Å². The molecule has 0 aliphatic carbocycles. The van der Waals surface area contributed by atoms with Crippen LogP contribution in [0.4, 0.5) is 0 Å². The zero-order valence-electron chi connectivity index (χ0n) is 44.9. The van der Waals surface area contributed by atoms with Crippen LogP contribution in [0.15, 0.2) is 146 Å². The highest BCUT2D eigenvalue weighted by molar-refractivity contribution is 7.47. The summed E-state index contributed by atoms with van der Waals surface area (Å²) in [6, 6.07) is -0.899. The van der Waals surface area contributed by atoms with Crippen LogP contribution in [0, 0.1) is 0 Å². The van der Waals surface area contributed by atoms with Crippen LogP contribution in [0.25, 0.3) is 0 Å². The number of unbranched alkanes of at least 4 members (excludes halogenated alkanes) is 12. The lowest BCUT2D eigenvalue weighted by Gasteiger charge is -2.25. The molecule has 8 nitrogen and oxygen atoms in total. The van der Waals surface area contributed by atoms with Gasteiger partial charge in [0.1, 0.15) is 13.2 Å². The molecule has 70 heavy (non-hydrogen) atoms. The SMILES string of the molecule is CC/C=C\C/C=C\C/C=C\C/C=C\C/C=C\C/C=C\C/C=C\C/C=C\C/C=C\CCCCCC(=O)NC(COP(=O)(O)OCC[N+](C)(C)C)C(O)/C=C/CC/C=C/CC/C=C/CCCCCCCCC. The van der Waals surface area contributed by atoms with Crippen LogP contribution < -0.4 is 5.32 Å². The number of hydrogen-bond donors (Lipinski definition) is 3. The zero-order chi connectivity index (χ0) is 51.3. The number of nitrogens with one attached hydrogen (secondary N) is 1. The molecule has 0 radical (unpaired) electrons. The number of carbonyl (C=O) groups excluding carboxylic acids is 1. The molecule has 0 saturated carbocycles. The van der Waals surface area contributed by atoms with Crippen molar-refractivity contribution in [3.63, 3.8) is 0 Å². The second-order valence-electron chi connectivity index (χ2n) is 18.8. The van der Waals surface area contributed by atoms with Gasteiger partial charge in [0.2, 0.25) is 5.91 Å². The number of nitrogens with zero attached hydrogens (tertiary/aromatic N) is 1. The molecule has 396 valence electrons. The molecule has 0 bridgehead atoms. The summed E-state index contributed by atoms with van der Waals surface area (Å²) >= 11 is 0. The fraction of sp³-hybridized carbons (Fsp3) is 0.590. The van der Waals surface area contributed by atoms with Crippen LogP contribution in [0.2, 0.25) is 0 Å². The van der Waals surface area contributed by atoms with Gasteiger partial charge in [-0.3, -0.25) is 13.8 Å². The Morgan fingerprint density at radius 2 is 0.871 bits per heavy atom. The Balaban J connectivity index is 4.42. The minimum atomic E-state index is -4.38. The maximum Gasteiger partial charge on any atom is 0.472 e. The summed E-state index contributed by atoms with van der Waals surface area (Å²) in [7, 11) is 1.50. The maximum absolute atomic E-state index is 12.9. The second kappa shape index (κ2) is 50.3. The lowest BCUT2D eigenvalue weighted by molar-refractivity contribution is -0.870. The predicted octanol–water partition coefficient (Wildman–Crippen LogP) is 16.5. The third kappa shape index (κ3) is 52.2. The van der Waals surface area contributed by atoms with Crippen molar-refractivity contribution in [3.8, 4) is 0 Å². The summed E-state index contributed by atoms with van der Waals surface area (Å²) in [4.78, 5) is 23.2. The van der Waals surface area contributed by atoms with E-state index in [0.717, 1.165) is 103 Å². The first kappa shape index (κ1) is 66.4. The Hall–Kier alpha value is -3.62. The Morgan fingerprint density at radius 3 is 1.31 bits per heavy atom. The van der Waals surface area contributed by atoms with E-state index in [1.54, 1.807) is 6.08 Å². The van der Waals surface area contributed by atoms with Crippen molar-refractivity contribution in [3.05, 3.63) is 146 Å². The first-order chi connectivity index (χ1) is 34.0. The number of carbonyl (C=O) groups is 1. The summed E-state index contributed by atoms with van der Waals surface area (Å²) in [5.41, 5.74) is 0. The fourth-order valence-electron chi connectivity index (χ4n) is 6.77. The molecule has 3 atom stereocenters. The van der Waals surface area contributed by atoms with Crippen molar-refractivity contribution in [1.82, 2.24) is 5.32 Å². The van der Waals surface area contributed by atoms with E-state index >= 15 is 0 Å². The van der Waals surface area contributed by atoms with Crippen molar-refractivity contribution in [2.75, 3.05) is 40.9 Å². The maximum atomic E-state index is 12.9. The van der Waals surface area contributed by atoms with Crippen LogP contribution in [-0.4, -0.2) is 73.4 Å². The highest BCUT2D eigenvalue weighted by Gasteiger charge is 2.27. The van der Waals surface area contributed by atoms with Gasteiger partial charge in [0.05, 0.1) is 39.9 Å². The second-order valence-corrected chi connectivity index (χ2v) is 20.3. The normalized spacial score (nSPS) is 15.1. The minimum Gasteiger partial charge on any atom is -0.387 e. The van der Waals surface area contributed by atoms with Gasteiger partial charge >= 0.3 is 7.82 Å². The lowest BCUT2D eigenvalue weighted by Crippen LogP contribution is -2.45. The van der Waals surface area contributed by atoms with E-state index in [-0.39, 0.29) is 19.1 Å². The molecule has 0 spiro atoms. The van der Waals surface area contributed by atoms with Crippen LogP contribution in [0.1, 0.15) is 181 Å². The average Bonchev–Trinajstić information content (AvgIpc) is 3.32. The molecular weight excluding hydrogens is 888 g/mol. The molecule has 1 amide bonds. The van der Waals surface area contributed by atoms with Crippen LogP contribution in [0.5, 0.6) is 0 Å². The monoisotopic (exact) mass is 990 g/mol. The molecule has 0 saturated heterocycles. The molecule has 0 aliphatic rings. The van der Waals surface area contributed by atoms with E-state index < -0.39 is 20.0 Å². The zero-order valence-corrected chi connectivity index (χ0v) is 45.8. The topological polar surface area (TPSA) is 105 Å². The number of quaternary nitrogens is 1. The number of allylic oxidation sites excluding steroid dienone is 23. The van der Waals surface area contributed by atoms with Gasteiger partial charge in [-0.1, -0.05) is 205 Å². The quantitative estimate of drug-likeness (QED) is 0.0243. The molecule has 3 N–H and O–H groups in total. The van der Waals surface area contributed by atoms with Gasteiger partial charge in [0, 0.05) is 6.42 Å². The third-order valence-corrected chi connectivity index (χ3v) is 12.0. The van der Waals surface area contributed by atoms with Crippen LogP contribution in [-0.2, 0) is 18.4 Å². The predicted molar refractivity (Wildman–Crippen MR) is 304 cm³/mol. The first-order valence-corrected chi connectivity index (χ1v) is 28.7. The highest BCUT2D eigenvalue weighted by atomic mass is 31.2. The molecule has 0 aliphatic heterocycles. The molecule has 3 unspecified atom stereocenters. The number of rotatable bonds is 47. The summed E-state index contributed by atoms with van der Waals surface area (Å²) in [6.07, 6.45) is 78.0. The number of amides is 1. The van der Waals surface area contributed by atoms with Gasteiger partial charge in [-0.15, -0.1) is 0 Å². The number of aliphatic hydroxyl groups is 1. The van der Waals surface area contributed by atoms with Gasteiger partial charge < -0.3 is 19.8 Å². The third-order valence-electron chi connectivity index (χ3n) is 11.0. The number of hydrogen-bond acceptors (Lipinski definition) is 5. The Bertz CT molecular complexity index is 1640. The number of phosphoric ester groups is 1. The minimum absolute atomic E-state index is 0.0378. The average molecular weight is 990 g/mol. The molecule has 0 aromatic heterocycles. The van der Waals surface area contributed by atoms with Crippen molar-refractivity contribution in [1.29, 1.82) is 0 Å². The Labute approximate surface area is 429 Å². The summed E-state index contributed by atoms with van der Waals surface area (Å²) < 4.78 is 23.6. The van der Waals surface area contributed by atoms with Crippen molar-refractivity contribution in [2.45, 2.75) is 193 Å². The number of likely N-dealkylation sites (N-methyl/N-ethyl adjacent to an activating group) is 1. The number of phosphoric acid groups is 1. The molecule has 9 heteroatoms. The molecule has 0 rings (SSSR count). The van der Waals surface area contributed by atoms with E-state index in [1.165, 1.54) is 51.4 Å². The van der Waals surface area contributed by atoms with E-state index in [4.69, 9.17) is 9.05 Å². The molecular formula is C61H102N2O6P+. The summed E-state index contributed by atoms with van der Waals surface area (Å²) in [6.45, 7) is 4.61. The van der Waals surface area contributed by atoms with E-state index in [9.17, 15) is 19.4 Å². The molecule has 0 heterocycles. The number of aliphatic hydroxyl groups excluding tert-OH is 1. The van der Waals surface area contributed by atoms with Crippen LogP contribution >= 0.6 is 7.82 Å². The first-order valence-electron chi connectivity index (χ1n) is 27.2. The van der Waals surface area contributed by atoms with Gasteiger partial charge in [-0.05, 0) is 116 Å². The van der Waals surface area contributed by atoms with Crippen molar-refractivity contribution in [2.24, 2.45) is 0 Å². The summed E-state index contributed by atoms with van der Waals surface area (Å²) in [5, 5.41) is 13.8. The van der Waals surface area contributed by atoms with Crippen molar-refractivity contribution < 1.29 is 32.9 Å². The fourth-order valence-corrected chi connectivity index (χ4v) is 7.50. The van der Waals surface area contributed by atoms with E-state index in [2.05, 4.69) is 153 Å². The van der Waals surface area contributed by atoms with E-state index in [0.29, 0.717) is 23.9 Å². The smallest absolute Gasteiger partial charge is 0.387 e. The largest absolute Gasteiger partial charge is 0.472 e. The highest BCUT2D eigenvalue weighted by Crippen LogP contribution is 2.43. The van der Waals surface area contributed by atoms with Gasteiger partial charge in [0.15, 0.2) is 0 Å². The van der Waals surface area contributed by atoms with Crippen LogP contribution in [0.3, 0.4) is 0 Å². The van der Waals surface area contributed by atoms with Gasteiger partial charge in [-0.25, -0.2) is 4.57 Å². The molecule has 0 aromatic carbocycles. The Morgan fingerprint density at radius 1 is 0.500 bits per heavy atom. The molecule has 0 fully saturated rings. The molecule has 0 aromatic rings. The standard InChI is InChI=1S/C61H101N2O6P/c1-6-8-10-12-14-16-18-20-22-24-25-26-27-28-29-30-31-32-33-34-35-36-37-39-41-43-45-47-49-51-53-55-61(65)62-59(58-69-70(66,67)68-57-56-63(3,4)5)60(64)54-52-50-48-46-44-42-40-38-23-21-19-17-15-13-11-9-7-2/h8,10,14,16,20,22-23,25-26,28-29,31-32,34-35,37-39,43-46,52,54,59-60,64H,6-7,9,11-13,15,17-19,21,24,27,30,33,36,40-42,47-51,53,55-58H2,1-5H3,(H-,62,65,66,67)/p+1/b10-8-,16-14-,22-20-,26-25-,29-28-,32-31-,35-34-,38-23+,39-37-,45-43-,46-44+,54-52+. The van der Waals surface area contributed by atoms with Gasteiger partial charge in [0.25, 0.3) is 0 Å². The Kier molecular flexibility index (Phi) is 47.7. The lowest BCUT2D eigenvalue weighted by atomic mass is 10.1. The van der Waals surface area contributed by atoms with Gasteiger partial charge in [-0.2, -0.15) is 0 Å².